The smallest absolute Gasteiger partial charge is 0.220 e. The molecule has 0 aromatic heterocycles. The lowest BCUT2D eigenvalue weighted by Gasteiger charge is -2.62. The van der Waals surface area contributed by atoms with Gasteiger partial charge < -0.3 is 15.0 Å². The molecule has 0 radical (unpaired) electrons. The van der Waals surface area contributed by atoms with E-state index in [-0.39, 0.29) is 12.0 Å². The highest BCUT2D eigenvalue weighted by molar-refractivity contribution is 7.93. The average molecular weight is 452 g/mol. The van der Waals surface area contributed by atoms with E-state index in [4.69, 9.17) is 4.55 Å². The van der Waals surface area contributed by atoms with E-state index in [0.29, 0.717) is 59.1 Å². The van der Waals surface area contributed by atoms with Crippen LogP contribution in [-0.2, 0) is 4.79 Å². The summed E-state index contributed by atoms with van der Waals surface area (Å²) in [5, 5.41) is 14.3. The number of fused-ring (bicyclic) bond motifs is 5. The molecule has 3 N–H and O–H groups in total. The molecule has 4 fully saturated rings. The first-order valence-corrected chi connectivity index (χ1v) is 14.0. The van der Waals surface area contributed by atoms with Gasteiger partial charge in [0.2, 0.25) is 5.91 Å². The molecule has 0 heterocycles. The van der Waals surface area contributed by atoms with Crippen LogP contribution >= 0.6 is 12.0 Å². The van der Waals surface area contributed by atoms with Crippen molar-refractivity contribution in [1.82, 2.24) is 5.32 Å². The lowest BCUT2D eigenvalue weighted by Crippen LogP contribution is -2.57. The van der Waals surface area contributed by atoms with Crippen LogP contribution in [0.3, 0.4) is 0 Å². The molecule has 0 aromatic rings. The molecule has 0 aromatic carbocycles. The summed E-state index contributed by atoms with van der Waals surface area (Å²) in [6.07, 6.45) is 13.1. The predicted octanol–water partition coefficient (Wildman–Crippen LogP) is 5.74. The molecule has 4 aliphatic carbocycles. The molecule has 178 valence electrons. The standard InChI is InChI=1S/C26H45NO3S/c1-17(7-10-23(29)27-14-15-31-30)19-8-9-20-24-21(11-13-26(19,20)3)25(2)12-5-4-6-18(25)16-22(24)28/h17-22,24,28,30H,4-16H2,1-3H3,(H,27,29)/t17-,18?,19?,20?,21?,22?,24?,25?,26?/m1/s1. The van der Waals surface area contributed by atoms with Crippen LogP contribution in [0.1, 0.15) is 91.4 Å². The van der Waals surface area contributed by atoms with Gasteiger partial charge in [0, 0.05) is 18.7 Å². The summed E-state index contributed by atoms with van der Waals surface area (Å²) >= 11 is 0.781. The Morgan fingerprint density at radius 2 is 1.87 bits per heavy atom. The summed E-state index contributed by atoms with van der Waals surface area (Å²) in [6.45, 7) is 8.00. The molecule has 0 spiro atoms. The fourth-order valence-electron chi connectivity index (χ4n) is 9.11. The van der Waals surface area contributed by atoms with Gasteiger partial charge in [0.25, 0.3) is 0 Å². The maximum absolute atomic E-state index is 12.2. The molecule has 1 amide bonds. The van der Waals surface area contributed by atoms with Gasteiger partial charge in [-0.15, -0.1) is 0 Å². The van der Waals surface area contributed by atoms with Gasteiger partial charge in [-0.25, -0.2) is 0 Å². The Morgan fingerprint density at radius 1 is 1.10 bits per heavy atom. The van der Waals surface area contributed by atoms with Gasteiger partial charge in [0.15, 0.2) is 0 Å². The normalized spacial score (nSPS) is 45.3. The lowest BCUT2D eigenvalue weighted by atomic mass is 9.44. The maximum atomic E-state index is 12.2. The number of rotatable bonds is 7. The fraction of sp³-hybridized carbons (Fsp3) is 0.962. The van der Waals surface area contributed by atoms with Crippen molar-refractivity contribution in [2.24, 2.45) is 46.3 Å². The van der Waals surface area contributed by atoms with Crippen LogP contribution in [0.25, 0.3) is 0 Å². The Bertz CT molecular complexity index is 644. The number of hydrogen-bond donors (Lipinski definition) is 3. The first kappa shape index (κ1) is 23.9. The van der Waals surface area contributed by atoms with Gasteiger partial charge in [-0.1, -0.05) is 33.6 Å². The molecule has 8 unspecified atom stereocenters. The van der Waals surface area contributed by atoms with E-state index >= 15 is 0 Å². The SMILES string of the molecule is C[C@H](CCC(=O)NCCSO)C1CCC2C3C(O)CC4CCCCC4(C)C3CCC21C. The first-order chi connectivity index (χ1) is 14.8. The third kappa shape index (κ3) is 4.33. The Morgan fingerprint density at radius 3 is 2.65 bits per heavy atom. The lowest BCUT2D eigenvalue weighted by molar-refractivity contribution is -0.164. The minimum absolute atomic E-state index is 0.102. The van der Waals surface area contributed by atoms with Crippen molar-refractivity contribution >= 4 is 17.9 Å². The molecule has 31 heavy (non-hydrogen) atoms. The van der Waals surface area contributed by atoms with Crippen LogP contribution < -0.4 is 5.32 Å². The van der Waals surface area contributed by atoms with Crippen LogP contribution in [0.15, 0.2) is 0 Å². The highest BCUT2D eigenvalue weighted by atomic mass is 32.2. The molecule has 4 saturated carbocycles. The van der Waals surface area contributed by atoms with Crippen molar-refractivity contribution in [2.75, 3.05) is 12.3 Å². The predicted molar refractivity (Wildman–Crippen MR) is 128 cm³/mol. The van der Waals surface area contributed by atoms with Crippen LogP contribution in [0, 0.1) is 46.3 Å². The minimum atomic E-state index is -0.102. The van der Waals surface area contributed by atoms with Crippen molar-refractivity contribution < 1.29 is 14.5 Å². The van der Waals surface area contributed by atoms with Gasteiger partial charge in [0.1, 0.15) is 0 Å². The molecule has 0 bridgehead atoms. The van der Waals surface area contributed by atoms with E-state index in [0.717, 1.165) is 30.8 Å². The monoisotopic (exact) mass is 451 g/mol. The molecule has 0 saturated heterocycles. The van der Waals surface area contributed by atoms with Crippen LogP contribution in [0.5, 0.6) is 0 Å². The van der Waals surface area contributed by atoms with E-state index in [2.05, 4.69) is 26.1 Å². The molecule has 5 heteroatoms. The second-order valence-electron chi connectivity index (χ2n) is 12.0. The Kier molecular flexibility index (Phi) is 7.35. The maximum Gasteiger partial charge on any atom is 0.220 e. The Balaban J connectivity index is 1.42. The molecular weight excluding hydrogens is 406 g/mol. The summed E-state index contributed by atoms with van der Waals surface area (Å²) in [4.78, 5) is 12.2. The highest BCUT2D eigenvalue weighted by Crippen LogP contribution is 2.68. The van der Waals surface area contributed by atoms with Crippen LogP contribution in [-0.4, -0.2) is 34.0 Å². The van der Waals surface area contributed by atoms with Gasteiger partial charge in [-0.2, -0.15) is 0 Å². The topological polar surface area (TPSA) is 69.6 Å². The van der Waals surface area contributed by atoms with E-state index in [1.54, 1.807) is 0 Å². The molecule has 9 atom stereocenters. The van der Waals surface area contributed by atoms with E-state index in [1.165, 1.54) is 51.4 Å². The molecule has 4 aliphatic rings. The molecule has 4 rings (SSSR count). The second-order valence-corrected chi connectivity index (χ2v) is 12.6. The van der Waals surface area contributed by atoms with Crippen molar-refractivity contribution in [3.05, 3.63) is 0 Å². The summed E-state index contributed by atoms with van der Waals surface area (Å²) in [5.74, 6) is 4.48. The highest BCUT2D eigenvalue weighted by Gasteiger charge is 2.62. The summed E-state index contributed by atoms with van der Waals surface area (Å²) in [5.41, 5.74) is 0.779. The van der Waals surface area contributed by atoms with Gasteiger partial charge in [-0.3, -0.25) is 4.79 Å². The van der Waals surface area contributed by atoms with Crippen LogP contribution in [0.2, 0.25) is 0 Å². The van der Waals surface area contributed by atoms with E-state index in [9.17, 15) is 9.90 Å². The van der Waals surface area contributed by atoms with E-state index < -0.39 is 0 Å². The average Bonchev–Trinajstić information content (AvgIpc) is 3.10. The third-order valence-corrected chi connectivity index (χ3v) is 11.1. The van der Waals surface area contributed by atoms with Crippen molar-refractivity contribution in [3.63, 3.8) is 0 Å². The number of aliphatic hydroxyl groups excluding tert-OH is 1. The quantitative estimate of drug-likeness (QED) is 0.341. The summed E-state index contributed by atoms with van der Waals surface area (Å²) in [6, 6.07) is 0. The number of carbonyl (C=O) groups is 1. The summed E-state index contributed by atoms with van der Waals surface area (Å²) in [7, 11) is 0. The van der Waals surface area contributed by atoms with Crippen molar-refractivity contribution in [2.45, 2.75) is 97.5 Å². The molecule has 0 aliphatic heterocycles. The zero-order valence-electron chi connectivity index (χ0n) is 19.9. The van der Waals surface area contributed by atoms with E-state index in [1.807, 2.05) is 0 Å². The van der Waals surface area contributed by atoms with Gasteiger partial charge >= 0.3 is 0 Å². The number of carbonyl (C=O) groups excluding carboxylic acids is 1. The molecule has 4 nitrogen and oxygen atoms in total. The van der Waals surface area contributed by atoms with Gasteiger partial charge in [-0.05, 0) is 110 Å². The number of amides is 1. The Labute approximate surface area is 193 Å². The third-order valence-electron chi connectivity index (χ3n) is 10.7. The fourth-order valence-corrected chi connectivity index (χ4v) is 9.31. The number of aliphatic hydroxyl groups is 1. The second kappa shape index (κ2) is 9.54. The minimum Gasteiger partial charge on any atom is -0.393 e. The zero-order chi connectivity index (χ0) is 22.2. The van der Waals surface area contributed by atoms with Crippen molar-refractivity contribution in [1.29, 1.82) is 0 Å². The van der Waals surface area contributed by atoms with Gasteiger partial charge in [0.05, 0.1) is 6.10 Å². The largest absolute Gasteiger partial charge is 0.393 e. The summed E-state index contributed by atoms with van der Waals surface area (Å²) < 4.78 is 8.81. The number of nitrogens with one attached hydrogen (secondary N) is 1. The Hall–Kier alpha value is -0.260. The van der Waals surface area contributed by atoms with Crippen molar-refractivity contribution in [3.8, 4) is 0 Å². The van der Waals surface area contributed by atoms with Crippen LogP contribution in [0.4, 0.5) is 0 Å². The zero-order valence-corrected chi connectivity index (χ0v) is 20.8. The number of hydrogen-bond acceptors (Lipinski definition) is 4. The first-order valence-electron chi connectivity index (χ1n) is 13.0. The molecular formula is C26H45NO3S.